The molecule has 0 N–H and O–H groups in total. The molecule has 1 aromatic rings. The molecular formula is C14H15BrClF3O. The van der Waals surface area contributed by atoms with Crippen LogP contribution >= 0.6 is 27.5 Å². The van der Waals surface area contributed by atoms with E-state index in [0.29, 0.717) is 10.6 Å². The number of rotatable bonds is 3. The zero-order valence-corrected chi connectivity index (χ0v) is 13.3. The van der Waals surface area contributed by atoms with Crippen molar-refractivity contribution in [2.75, 3.05) is 0 Å². The fraction of sp³-hybridized carbons (Fsp3) is 0.571. The maximum absolute atomic E-state index is 13.5. The Morgan fingerprint density at radius 3 is 2.45 bits per heavy atom. The summed E-state index contributed by atoms with van der Waals surface area (Å²) in [5.41, 5.74) is -0.0832. The van der Waals surface area contributed by atoms with Gasteiger partial charge in [-0.15, -0.1) is 0 Å². The maximum Gasteiger partial charge on any atom is 0.248 e. The Balaban J connectivity index is 2.00. The van der Waals surface area contributed by atoms with E-state index >= 15 is 0 Å². The quantitative estimate of drug-likeness (QED) is 0.617. The maximum atomic E-state index is 13.5. The van der Waals surface area contributed by atoms with Gasteiger partial charge in [-0.05, 0) is 53.4 Å². The van der Waals surface area contributed by atoms with E-state index in [0.717, 1.165) is 0 Å². The molecule has 0 bridgehead atoms. The van der Waals surface area contributed by atoms with Gasteiger partial charge in [0.05, 0.1) is 16.7 Å². The van der Waals surface area contributed by atoms with Crippen molar-refractivity contribution >= 4 is 27.5 Å². The molecule has 1 nitrogen and oxygen atoms in total. The molecule has 0 unspecified atom stereocenters. The molecule has 1 aromatic carbocycles. The average molecular weight is 372 g/mol. The SMILES string of the molecule is CC1(OCc2cc(F)c(Br)cc2Cl)CCC(F)(F)CC1. The van der Waals surface area contributed by atoms with Gasteiger partial charge in [-0.1, -0.05) is 11.6 Å². The summed E-state index contributed by atoms with van der Waals surface area (Å²) < 4.78 is 45.8. The highest BCUT2D eigenvalue weighted by Crippen LogP contribution is 2.40. The molecule has 0 saturated heterocycles. The van der Waals surface area contributed by atoms with Crippen LogP contribution in [-0.4, -0.2) is 11.5 Å². The Hall–Kier alpha value is -0.260. The first-order valence-corrected chi connectivity index (χ1v) is 7.53. The third-order valence-corrected chi connectivity index (χ3v) is 4.66. The number of hydrogen-bond donors (Lipinski definition) is 0. The minimum Gasteiger partial charge on any atom is -0.371 e. The van der Waals surface area contributed by atoms with Crippen LogP contribution in [0.15, 0.2) is 16.6 Å². The fourth-order valence-electron chi connectivity index (χ4n) is 2.22. The molecule has 0 aliphatic heterocycles. The number of benzene rings is 1. The summed E-state index contributed by atoms with van der Waals surface area (Å²) in [6.45, 7) is 1.93. The van der Waals surface area contributed by atoms with Gasteiger partial charge in [0.1, 0.15) is 5.82 Å². The van der Waals surface area contributed by atoms with Crippen LogP contribution in [0.3, 0.4) is 0 Å². The van der Waals surface area contributed by atoms with E-state index in [2.05, 4.69) is 15.9 Å². The standard InChI is InChI=1S/C14H15BrClF3O/c1-13(2-4-14(18,19)5-3-13)20-8-9-6-12(17)10(15)7-11(9)16/h6-7H,2-5,8H2,1H3. The Kier molecular flexibility index (Phi) is 4.72. The van der Waals surface area contributed by atoms with Crippen molar-refractivity contribution in [3.05, 3.63) is 33.0 Å². The molecule has 0 heterocycles. The van der Waals surface area contributed by atoms with E-state index < -0.39 is 17.3 Å². The summed E-state index contributed by atoms with van der Waals surface area (Å²) in [5, 5.41) is 0.392. The monoisotopic (exact) mass is 370 g/mol. The lowest BCUT2D eigenvalue weighted by Gasteiger charge is -2.37. The molecule has 0 atom stereocenters. The molecule has 1 saturated carbocycles. The van der Waals surface area contributed by atoms with Gasteiger partial charge in [0.25, 0.3) is 0 Å². The Morgan fingerprint density at radius 2 is 1.85 bits per heavy atom. The van der Waals surface area contributed by atoms with E-state index in [4.69, 9.17) is 16.3 Å². The second kappa shape index (κ2) is 5.85. The highest BCUT2D eigenvalue weighted by Gasteiger charge is 2.41. The lowest BCUT2D eigenvalue weighted by Crippen LogP contribution is -2.38. The molecule has 20 heavy (non-hydrogen) atoms. The van der Waals surface area contributed by atoms with Crippen LogP contribution in [0.1, 0.15) is 38.2 Å². The molecule has 0 radical (unpaired) electrons. The van der Waals surface area contributed by atoms with Crippen molar-refractivity contribution in [2.24, 2.45) is 0 Å². The predicted octanol–water partition coefficient (Wildman–Crippen LogP) is 5.73. The first-order chi connectivity index (χ1) is 9.21. The summed E-state index contributed by atoms with van der Waals surface area (Å²) in [6, 6.07) is 2.76. The molecule has 2 rings (SSSR count). The van der Waals surface area contributed by atoms with Crippen LogP contribution in [-0.2, 0) is 11.3 Å². The van der Waals surface area contributed by atoms with Crippen molar-refractivity contribution in [1.29, 1.82) is 0 Å². The van der Waals surface area contributed by atoms with Crippen molar-refractivity contribution in [3.63, 3.8) is 0 Å². The number of ether oxygens (including phenoxy) is 1. The second-order valence-electron chi connectivity index (χ2n) is 5.45. The zero-order valence-electron chi connectivity index (χ0n) is 11.0. The number of alkyl halides is 2. The van der Waals surface area contributed by atoms with Crippen LogP contribution in [0.2, 0.25) is 5.02 Å². The number of halogens is 5. The minimum atomic E-state index is -2.59. The lowest BCUT2D eigenvalue weighted by molar-refractivity contribution is -0.129. The highest BCUT2D eigenvalue weighted by atomic mass is 79.9. The summed E-state index contributed by atoms with van der Waals surface area (Å²) in [4.78, 5) is 0. The van der Waals surface area contributed by atoms with E-state index in [-0.39, 0.29) is 36.8 Å². The number of hydrogen-bond acceptors (Lipinski definition) is 1. The molecule has 0 amide bonds. The molecule has 0 spiro atoms. The van der Waals surface area contributed by atoms with E-state index in [1.165, 1.54) is 12.1 Å². The second-order valence-corrected chi connectivity index (χ2v) is 6.71. The first kappa shape index (κ1) is 16.1. The largest absolute Gasteiger partial charge is 0.371 e. The van der Waals surface area contributed by atoms with Gasteiger partial charge >= 0.3 is 0 Å². The van der Waals surface area contributed by atoms with Crippen LogP contribution in [0, 0.1) is 5.82 Å². The highest BCUT2D eigenvalue weighted by molar-refractivity contribution is 9.10. The summed E-state index contributed by atoms with van der Waals surface area (Å²) >= 11 is 9.06. The third kappa shape index (κ3) is 3.89. The normalized spacial score (nSPS) is 20.9. The third-order valence-electron chi connectivity index (χ3n) is 3.70. The molecular weight excluding hydrogens is 357 g/mol. The van der Waals surface area contributed by atoms with Crippen molar-refractivity contribution in [3.8, 4) is 0 Å². The molecule has 1 aliphatic carbocycles. The predicted molar refractivity (Wildman–Crippen MR) is 75.7 cm³/mol. The lowest BCUT2D eigenvalue weighted by atomic mass is 9.84. The molecule has 6 heteroatoms. The Labute approximate surface area is 129 Å². The van der Waals surface area contributed by atoms with Gasteiger partial charge < -0.3 is 4.74 Å². The van der Waals surface area contributed by atoms with E-state index in [1.54, 1.807) is 0 Å². The van der Waals surface area contributed by atoms with Crippen LogP contribution < -0.4 is 0 Å². The smallest absolute Gasteiger partial charge is 0.248 e. The van der Waals surface area contributed by atoms with Gasteiger partial charge in [-0.2, -0.15) is 0 Å². The summed E-state index contributed by atoms with van der Waals surface area (Å²) in [6.07, 6.45) is 0.227. The van der Waals surface area contributed by atoms with Crippen molar-refractivity contribution in [2.45, 2.75) is 50.7 Å². The Morgan fingerprint density at radius 1 is 1.25 bits per heavy atom. The van der Waals surface area contributed by atoms with Gasteiger partial charge in [0.2, 0.25) is 5.92 Å². The summed E-state index contributed by atoms with van der Waals surface area (Å²) in [7, 11) is 0. The summed E-state index contributed by atoms with van der Waals surface area (Å²) in [5.74, 6) is -3.02. The van der Waals surface area contributed by atoms with Gasteiger partial charge in [0, 0.05) is 17.9 Å². The van der Waals surface area contributed by atoms with E-state index in [9.17, 15) is 13.2 Å². The van der Waals surface area contributed by atoms with Gasteiger partial charge in [-0.3, -0.25) is 0 Å². The topological polar surface area (TPSA) is 9.23 Å². The van der Waals surface area contributed by atoms with Crippen LogP contribution in [0.25, 0.3) is 0 Å². The van der Waals surface area contributed by atoms with Crippen molar-refractivity contribution < 1.29 is 17.9 Å². The molecule has 1 aliphatic rings. The van der Waals surface area contributed by atoms with E-state index in [1.807, 2.05) is 6.92 Å². The minimum absolute atomic E-state index is 0.116. The molecule has 1 fully saturated rings. The zero-order chi connectivity index (χ0) is 15.0. The van der Waals surface area contributed by atoms with Crippen molar-refractivity contribution in [1.82, 2.24) is 0 Å². The van der Waals surface area contributed by atoms with Crippen LogP contribution in [0.5, 0.6) is 0 Å². The first-order valence-electron chi connectivity index (χ1n) is 6.36. The molecule has 112 valence electrons. The van der Waals surface area contributed by atoms with Gasteiger partial charge in [0.15, 0.2) is 0 Å². The Bertz CT molecular complexity index is 497. The molecule has 0 aromatic heterocycles. The van der Waals surface area contributed by atoms with Gasteiger partial charge in [-0.25, -0.2) is 13.2 Å². The average Bonchev–Trinajstić information content (AvgIpc) is 2.37. The fourth-order valence-corrected chi connectivity index (χ4v) is 2.91. The van der Waals surface area contributed by atoms with Crippen LogP contribution in [0.4, 0.5) is 13.2 Å².